The number of halogens is 1. The standard InChI is InChI=1S/C26H40BrN7O/c1-3-22(21-11-8-15-29-21)34(19-9-6-4-5-7-10-19)26-32-24(28)31-25(33-26)30-16-14-18-12-13-23(35-2)20(27)17-18/h12-13,17,19,21-22,29H,3-11,14-16H2,1-2H3,(H3,28,30,31,32,33). The summed E-state index contributed by atoms with van der Waals surface area (Å²) in [6, 6.07) is 7.40. The molecule has 0 amide bonds. The molecule has 8 nitrogen and oxygen atoms in total. The van der Waals surface area contributed by atoms with Crippen LogP contribution in [0.4, 0.5) is 17.8 Å². The van der Waals surface area contributed by atoms with Crippen LogP contribution >= 0.6 is 15.9 Å². The first-order valence-corrected chi connectivity index (χ1v) is 14.0. The van der Waals surface area contributed by atoms with E-state index in [-0.39, 0.29) is 5.95 Å². The first-order valence-electron chi connectivity index (χ1n) is 13.2. The molecule has 2 atom stereocenters. The SMILES string of the molecule is CCC(C1CCCN1)N(c1nc(N)nc(NCCc2ccc(OC)c(Br)c2)n1)C1CCCCCC1. The van der Waals surface area contributed by atoms with Crippen molar-refractivity contribution >= 4 is 33.8 Å². The molecule has 192 valence electrons. The van der Waals surface area contributed by atoms with Crippen molar-refractivity contribution in [3.63, 3.8) is 0 Å². The summed E-state index contributed by atoms with van der Waals surface area (Å²) in [5.41, 5.74) is 7.42. The number of ether oxygens (including phenoxy) is 1. The fourth-order valence-electron chi connectivity index (χ4n) is 5.59. The van der Waals surface area contributed by atoms with Gasteiger partial charge in [0.15, 0.2) is 0 Å². The van der Waals surface area contributed by atoms with E-state index in [0.717, 1.165) is 35.6 Å². The number of rotatable bonds is 10. The summed E-state index contributed by atoms with van der Waals surface area (Å²) in [6.45, 7) is 4.07. The van der Waals surface area contributed by atoms with Gasteiger partial charge in [-0.15, -0.1) is 0 Å². The van der Waals surface area contributed by atoms with Gasteiger partial charge in [0, 0.05) is 24.7 Å². The summed E-state index contributed by atoms with van der Waals surface area (Å²) >= 11 is 3.56. The van der Waals surface area contributed by atoms with E-state index in [2.05, 4.69) is 60.5 Å². The maximum atomic E-state index is 6.22. The van der Waals surface area contributed by atoms with E-state index in [1.165, 1.54) is 56.9 Å². The smallest absolute Gasteiger partial charge is 0.232 e. The second-order valence-corrected chi connectivity index (χ2v) is 10.5. The van der Waals surface area contributed by atoms with Crippen LogP contribution in [0, 0.1) is 0 Å². The molecule has 35 heavy (non-hydrogen) atoms. The molecule has 2 aliphatic rings. The Balaban J connectivity index is 1.53. The van der Waals surface area contributed by atoms with Gasteiger partial charge in [0.25, 0.3) is 0 Å². The van der Waals surface area contributed by atoms with E-state index in [0.29, 0.717) is 30.6 Å². The molecular weight excluding hydrogens is 506 g/mol. The van der Waals surface area contributed by atoms with E-state index in [1.54, 1.807) is 7.11 Å². The van der Waals surface area contributed by atoms with Crippen molar-refractivity contribution in [3.8, 4) is 5.75 Å². The minimum absolute atomic E-state index is 0.276. The van der Waals surface area contributed by atoms with Crippen molar-refractivity contribution in [2.45, 2.75) is 89.3 Å². The summed E-state index contributed by atoms with van der Waals surface area (Å²) in [5, 5.41) is 7.12. The molecule has 1 aromatic heterocycles. The summed E-state index contributed by atoms with van der Waals surface area (Å²) in [5.74, 6) is 2.38. The lowest BCUT2D eigenvalue weighted by Crippen LogP contribution is -2.52. The summed E-state index contributed by atoms with van der Waals surface area (Å²) in [7, 11) is 1.67. The third kappa shape index (κ3) is 6.76. The van der Waals surface area contributed by atoms with Crippen LogP contribution in [0.3, 0.4) is 0 Å². The van der Waals surface area contributed by atoms with Crippen LogP contribution in [0.15, 0.2) is 22.7 Å². The summed E-state index contributed by atoms with van der Waals surface area (Å²) < 4.78 is 6.29. The van der Waals surface area contributed by atoms with E-state index >= 15 is 0 Å². The van der Waals surface area contributed by atoms with Gasteiger partial charge in [-0.3, -0.25) is 0 Å². The van der Waals surface area contributed by atoms with Gasteiger partial charge in [-0.25, -0.2) is 0 Å². The van der Waals surface area contributed by atoms with Crippen LogP contribution in [0.5, 0.6) is 5.75 Å². The van der Waals surface area contributed by atoms with Gasteiger partial charge in [-0.1, -0.05) is 38.7 Å². The Morgan fingerprint density at radius 1 is 1.14 bits per heavy atom. The maximum Gasteiger partial charge on any atom is 0.232 e. The number of methoxy groups -OCH3 is 1. The van der Waals surface area contributed by atoms with Crippen LogP contribution in [0.1, 0.15) is 70.3 Å². The molecule has 0 spiro atoms. The second kappa shape index (κ2) is 12.7. The van der Waals surface area contributed by atoms with Crippen LogP contribution in [-0.4, -0.2) is 53.3 Å². The van der Waals surface area contributed by atoms with Crippen LogP contribution in [0.2, 0.25) is 0 Å². The van der Waals surface area contributed by atoms with Crippen molar-refractivity contribution < 1.29 is 4.74 Å². The van der Waals surface area contributed by atoms with Gasteiger partial charge < -0.3 is 26.0 Å². The fraction of sp³-hybridized carbons (Fsp3) is 0.654. The molecule has 0 bridgehead atoms. The number of hydrogen-bond donors (Lipinski definition) is 3. The number of benzene rings is 1. The molecule has 1 saturated carbocycles. The molecule has 2 aromatic rings. The summed E-state index contributed by atoms with van der Waals surface area (Å²) in [6.07, 6.45) is 11.8. The van der Waals surface area contributed by atoms with Crippen LogP contribution < -0.4 is 26.0 Å². The Morgan fingerprint density at radius 2 is 1.94 bits per heavy atom. The molecule has 1 aliphatic heterocycles. The number of nitrogen functional groups attached to an aromatic ring is 1. The molecule has 4 rings (SSSR count). The maximum absolute atomic E-state index is 6.22. The average Bonchev–Trinajstić information content (AvgIpc) is 3.25. The Morgan fingerprint density at radius 3 is 2.60 bits per heavy atom. The minimum Gasteiger partial charge on any atom is -0.496 e. The lowest BCUT2D eigenvalue weighted by molar-refractivity contribution is 0.380. The second-order valence-electron chi connectivity index (χ2n) is 9.69. The molecule has 2 unspecified atom stereocenters. The van der Waals surface area contributed by atoms with Gasteiger partial charge in [0.1, 0.15) is 5.75 Å². The van der Waals surface area contributed by atoms with E-state index in [4.69, 9.17) is 15.5 Å². The molecule has 9 heteroatoms. The number of anilines is 3. The number of hydrogen-bond acceptors (Lipinski definition) is 8. The number of nitrogens with two attached hydrogens (primary N) is 1. The third-order valence-electron chi connectivity index (χ3n) is 7.34. The monoisotopic (exact) mass is 545 g/mol. The largest absolute Gasteiger partial charge is 0.496 e. The predicted octanol–water partition coefficient (Wildman–Crippen LogP) is 4.94. The van der Waals surface area contributed by atoms with Crippen molar-refractivity contribution in [2.75, 3.05) is 36.1 Å². The first-order chi connectivity index (χ1) is 17.1. The molecule has 0 radical (unpaired) electrons. The number of nitrogens with one attached hydrogen (secondary N) is 2. The molecule has 4 N–H and O–H groups in total. The quantitative estimate of drug-likeness (QED) is 0.361. The molecule has 2 heterocycles. The zero-order chi connectivity index (χ0) is 24.6. The Bertz CT molecular complexity index is 945. The normalized spacial score (nSPS) is 19.8. The molecular formula is C26H40BrN7O. The zero-order valence-electron chi connectivity index (χ0n) is 21.1. The zero-order valence-corrected chi connectivity index (χ0v) is 22.7. The van der Waals surface area contributed by atoms with Crippen molar-refractivity contribution in [3.05, 3.63) is 28.2 Å². The topological polar surface area (TPSA) is 101 Å². The third-order valence-corrected chi connectivity index (χ3v) is 7.96. The van der Waals surface area contributed by atoms with Gasteiger partial charge in [-0.05, 0) is 78.7 Å². The highest BCUT2D eigenvalue weighted by Crippen LogP contribution is 2.31. The van der Waals surface area contributed by atoms with E-state index in [9.17, 15) is 0 Å². The fourth-order valence-corrected chi connectivity index (χ4v) is 6.18. The minimum atomic E-state index is 0.276. The summed E-state index contributed by atoms with van der Waals surface area (Å²) in [4.78, 5) is 16.5. The highest BCUT2D eigenvalue weighted by atomic mass is 79.9. The average molecular weight is 547 g/mol. The van der Waals surface area contributed by atoms with Crippen molar-refractivity contribution in [2.24, 2.45) is 0 Å². The number of aromatic nitrogens is 3. The lowest BCUT2D eigenvalue weighted by Gasteiger charge is -2.40. The molecule has 1 saturated heterocycles. The number of nitrogens with zero attached hydrogens (tertiary/aromatic N) is 4. The van der Waals surface area contributed by atoms with E-state index < -0.39 is 0 Å². The lowest BCUT2D eigenvalue weighted by atomic mass is 9.97. The van der Waals surface area contributed by atoms with Crippen LogP contribution in [-0.2, 0) is 6.42 Å². The highest BCUT2D eigenvalue weighted by Gasteiger charge is 2.35. The van der Waals surface area contributed by atoms with Gasteiger partial charge in [0.05, 0.1) is 11.6 Å². The highest BCUT2D eigenvalue weighted by molar-refractivity contribution is 9.10. The first kappa shape index (κ1) is 25.9. The van der Waals surface area contributed by atoms with Crippen molar-refractivity contribution in [1.29, 1.82) is 0 Å². The van der Waals surface area contributed by atoms with E-state index in [1.807, 2.05) is 6.07 Å². The van der Waals surface area contributed by atoms with Gasteiger partial charge >= 0.3 is 0 Å². The Labute approximate surface area is 218 Å². The molecule has 1 aromatic carbocycles. The van der Waals surface area contributed by atoms with Gasteiger partial charge in [-0.2, -0.15) is 15.0 Å². The Hall–Kier alpha value is -2.13. The van der Waals surface area contributed by atoms with Crippen LogP contribution in [0.25, 0.3) is 0 Å². The molecule has 1 aliphatic carbocycles. The predicted molar refractivity (Wildman–Crippen MR) is 146 cm³/mol. The molecule has 2 fully saturated rings. The Kier molecular flexibility index (Phi) is 9.43. The van der Waals surface area contributed by atoms with Gasteiger partial charge in [0.2, 0.25) is 17.8 Å². The van der Waals surface area contributed by atoms with Crippen molar-refractivity contribution in [1.82, 2.24) is 20.3 Å².